The summed E-state index contributed by atoms with van der Waals surface area (Å²) >= 11 is 0. The second kappa shape index (κ2) is 5.17. The number of hydrogen-bond acceptors (Lipinski definition) is 2. The molecule has 0 spiro atoms. The molecule has 3 heteroatoms. The van der Waals surface area contributed by atoms with Crippen LogP contribution in [0.4, 0.5) is 0 Å². The highest BCUT2D eigenvalue weighted by atomic mass is 16.4. The van der Waals surface area contributed by atoms with Crippen LogP contribution in [0.15, 0.2) is 0 Å². The fourth-order valence-electron chi connectivity index (χ4n) is 2.63. The van der Waals surface area contributed by atoms with Gasteiger partial charge in [0, 0.05) is 12.1 Å². The number of carboxylic acids is 1. The van der Waals surface area contributed by atoms with Crippen molar-refractivity contribution in [1.82, 2.24) is 4.90 Å². The molecule has 0 amide bonds. The summed E-state index contributed by atoms with van der Waals surface area (Å²) in [5.74, 6) is -0.591. The molecule has 0 heterocycles. The first kappa shape index (κ1) is 13.5. The van der Waals surface area contributed by atoms with Crippen LogP contribution < -0.4 is 0 Å². The third-order valence-corrected chi connectivity index (χ3v) is 3.94. The molecule has 3 nitrogen and oxygen atoms in total. The smallest absolute Gasteiger partial charge is 0.309 e. The van der Waals surface area contributed by atoms with Gasteiger partial charge < -0.3 is 5.11 Å². The monoisotopic (exact) mass is 227 g/mol. The zero-order valence-electron chi connectivity index (χ0n) is 11.0. The van der Waals surface area contributed by atoms with Gasteiger partial charge in [0.1, 0.15) is 0 Å². The molecule has 1 N–H and O–H groups in total. The summed E-state index contributed by atoms with van der Waals surface area (Å²) in [5.41, 5.74) is -0.401. The van der Waals surface area contributed by atoms with Gasteiger partial charge in [0.2, 0.25) is 0 Å². The van der Waals surface area contributed by atoms with Crippen molar-refractivity contribution in [3.8, 4) is 0 Å². The summed E-state index contributed by atoms with van der Waals surface area (Å²) in [4.78, 5) is 13.6. The number of rotatable bonds is 6. The lowest BCUT2D eigenvalue weighted by Crippen LogP contribution is -2.44. The Bertz CT molecular complexity index is 236. The molecule has 1 saturated carbocycles. The first-order chi connectivity index (χ1) is 7.39. The van der Waals surface area contributed by atoms with E-state index in [4.69, 9.17) is 0 Å². The summed E-state index contributed by atoms with van der Waals surface area (Å²) in [6.45, 7) is 9.60. The Morgan fingerprint density at radius 1 is 1.25 bits per heavy atom. The molecular weight excluding hydrogens is 202 g/mol. The maximum atomic E-state index is 11.2. The quantitative estimate of drug-likeness (QED) is 0.758. The lowest BCUT2D eigenvalue weighted by Gasteiger charge is -2.40. The zero-order chi connectivity index (χ0) is 12.3. The van der Waals surface area contributed by atoms with E-state index in [2.05, 4.69) is 32.6 Å². The number of carboxylic acid groups (broad SMARTS) is 1. The summed E-state index contributed by atoms with van der Waals surface area (Å²) in [6.07, 6.45) is 3.62. The van der Waals surface area contributed by atoms with Crippen LogP contribution in [0, 0.1) is 5.41 Å². The van der Waals surface area contributed by atoms with Gasteiger partial charge >= 0.3 is 5.97 Å². The molecule has 0 atom stereocenters. The first-order valence-corrected chi connectivity index (χ1v) is 6.38. The van der Waals surface area contributed by atoms with E-state index >= 15 is 0 Å². The minimum atomic E-state index is -0.591. The van der Waals surface area contributed by atoms with Gasteiger partial charge in [-0.3, -0.25) is 9.69 Å². The van der Waals surface area contributed by atoms with Crippen LogP contribution in [0.3, 0.4) is 0 Å². The standard InChI is InChI=1S/C13H25NO2/c1-10(2)14(11(3)4)9-8-13(12(15)16)6-5-7-13/h10-11H,5-9H2,1-4H3,(H,15,16). The van der Waals surface area contributed by atoms with Crippen molar-refractivity contribution in [2.45, 2.75) is 65.5 Å². The van der Waals surface area contributed by atoms with Crippen molar-refractivity contribution in [1.29, 1.82) is 0 Å². The zero-order valence-corrected chi connectivity index (χ0v) is 11.0. The summed E-state index contributed by atoms with van der Waals surface area (Å²) in [7, 11) is 0. The molecule has 0 saturated heterocycles. The van der Waals surface area contributed by atoms with E-state index in [1.54, 1.807) is 0 Å². The van der Waals surface area contributed by atoms with E-state index in [0.29, 0.717) is 12.1 Å². The molecule has 94 valence electrons. The fourth-order valence-corrected chi connectivity index (χ4v) is 2.63. The van der Waals surface area contributed by atoms with Gasteiger partial charge in [-0.1, -0.05) is 6.42 Å². The average Bonchev–Trinajstić information content (AvgIpc) is 2.06. The number of hydrogen-bond donors (Lipinski definition) is 1. The Kier molecular flexibility index (Phi) is 4.36. The molecule has 0 aliphatic heterocycles. The van der Waals surface area contributed by atoms with Crippen molar-refractivity contribution in [3.05, 3.63) is 0 Å². The van der Waals surface area contributed by atoms with Crippen LogP contribution in [-0.4, -0.2) is 34.6 Å². The largest absolute Gasteiger partial charge is 0.481 e. The van der Waals surface area contributed by atoms with Crippen molar-refractivity contribution in [2.75, 3.05) is 6.54 Å². The second-order valence-corrected chi connectivity index (χ2v) is 5.61. The number of carbonyl (C=O) groups is 1. The third-order valence-electron chi connectivity index (χ3n) is 3.94. The molecule has 0 bridgehead atoms. The highest BCUT2D eigenvalue weighted by Crippen LogP contribution is 2.44. The average molecular weight is 227 g/mol. The van der Waals surface area contributed by atoms with E-state index in [1.165, 1.54) is 0 Å². The lowest BCUT2D eigenvalue weighted by atomic mass is 9.66. The highest BCUT2D eigenvalue weighted by Gasteiger charge is 2.44. The molecule has 1 fully saturated rings. The molecule has 1 aliphatic rings. The predicted molar refractivity (Wildman–Crippen MR) is 65.5 cm³/mol. The molecule has 1 aliphatic carbocycles. The maximum absolute atomic E-state index is 11.2. The fraction of sp³-hybridized carbons (Fsp3) is 0.923. The minimum absolute atomic E-state index is 0.401. The number of aliphatic carboxylic acids is 1. The normalized spacial score (nSPS) is 19.2. The molecule has 1 rings (SSSR count). The lowest BCUT2D eigenvalue weighted by molar-refractivity contribution is -0.155. The Labute approximate surface area is 98.8 Å². The van der Waals surface area contributed by atoms with Gasteiger partial charge in [-0.15, -0.1) is 0 Å². The van der Waals surface area contributed by atoms with Crippen molar-refractivity contribution in [2.24, 2.45) is 5.41 Å². The Hall–Kier alpha value is -0.570. The van der Waals surface area contributed by atoms with Crippen molar-refractivity contribution in [3.63, 3.8) is 0 Å². The van der Waals surface area contributed by atoms with Crippen molar-refractivity contribution >= 4 is 5.97 Å². The summed E-state index contributed by atoms with van der Waals surface area (Å²) in [6, 6.07) is 0.983. The summed E-state index contributed by atoms with van der Waals surface area (Å²) in [5, 5.41) is 9.26. The molecule has 0 aromatic carbocycles. The van der Waals surface area contributed by atoms with Gasteiger partial charge in [0.15, 0.2) is 0 Å². The summed E-state index contributed by atoms with van der Waals surface area (Å²) < 4.78 is 0. The van der Waals surface area contributed by atoms with Crippen LogP contribution in [-0.2, 0) is 4.79 Å². The Morgan fingerprint density at radius 2 is 1.75 bits per heavy atom. The molecule has 0 radical (unpaired) electrons. The molecular formula is C13H25NO2. The molecule has 0 unspecified atom stereocenters. The van der Waals surface area contributed by atoms with E-state index in [0.717, 1.165) is 32.2 Å². The van der Waals surface area contributed by atoms with Gasteiger partial charge in [0.05, 0.1) is 5.41 Å². The first-order valence-electron chi connectivity index (χ1n) is 6.38. The van der Waals surface area contributed by atoms with E-state index < -0.39 is 11.4 Å². The maximum Gasteiger partial charge on any atom is 0.309 e. The topological polar surface area (TPSA) is 40.5 Å². The van der Waals surface area contributed by atoms with E-state index in [-0.39, 0.29) is 0 Å². The molecule has 0 aromatic heterocycles. The highest BCUT2D eigenvalue weighted by molar-refractivity contribution is 5.75. The second-order valence-electron chi connectivity index (χ2n) is 5.61. The molecule has 16 heavy (non-hydrogen) atoms. The van der Waals surface area contributed by atoms with Gasteiger partial charge in [-0.25, -0.2) is 0 Å². The number of nitrogens with zero attached hydrogens (tertiary/aromatic N) is 1. The van der Waals surface area contributed by atoms with Gasteiger partial charge in [0.25, 0.3) is 0 Å². The van der Waals surface area contributed by atoms with E-state index in [1.807, 2.05) is 0 Å². The molecule has 0 aromatic rings. The van der Waals surface area contributed by atoms with Gasteiger partial charge in [-0.05, 0) is 53.5 Å². The third kappa shape index (κ3) is 2.76. The Morgan fingerprint density at radius 3 is 2.00 bits per heavy atom. The minimum Gasteiger partial charge on any atom is -0.481 e. The SMILES string of the molecule is CC(C)N(CCC1(C(=O)O)CCC1)C(C)C. The van der Waals surface area contributed by atoms with E-state index in [9.17, 15) is 9.90 Å². The Balaban J connectivity index is 2.51. The van der Waals surface area contributed by atoms with Crippen LogP contribution in [0.1, 0.15) is 53.4 Å². The van der Waals surface area contributed by atoms with Crippen LogP contribution in [0.25, 0.3) is 0 Å². The van der Waals surface area contributed by atoms with Crippen molar-refractivity contribution < 1.29 is 9.90 Å². The van der Waals surface area contributed by atoms with Crippen LogP contribution in [0.5, 0.6) is 0 Å². The van der Waals surface area contributed by atoms with Gasteiger partial charge in [-0.2, -0.15) is 0 Å². The van der Waals surface area contributed by atoms with Crippen LogP contribution >= 0.6 is 0 Å². The van der Waals surface area contributed by atoms with Crippen LogP contribution in [0.2, 0.25) is 0 Å². The predicted octanol–water partition coefficient (Wildman–Crippen LogP) is 2.75.